The second-order valence-electron chi connectivity index (χ2n) is 8.81. The maximum atomic E-state index is 12.0. The van der Waals surface area contributed by atoms with E-state index in [1.807, 2.05) is 31.3 Å². The van der Waals surface area contributed by atoms with Crippen LogP contribution < -0.4 is 5.32 Å². The van der Waals surface area contributed by atoms with Gasteiger partial charge in [-0.1, -0.05) is 13.0 Å². The highest BCUT2D eigenvalue weighted by atomic mass is 32.1. The van der Waals surface area contributed by atoms with Crippen molar-refractivity contribution in [1.29, 1.82) is 0 Å². The van der Waals surface area contributed by atoms with E-state index in [9.17, 15) is 4.79 Å². The molecule has 0 spiro atoms. The number of amides is 1. The van der Waals surface area contributed by atoms with Gasteiger partial charge in [-0.15, -0.1) is 11.3 Å². The zero-order chi connectivity index (χ0) is 24.6. The molecule has 0 atom stereocenters. The van der Waals surface area contributed by atoms with Gasteiger partial charge in [0.15, 0.2) is 0 Å². The highest BCUT2D eigenvalue weighted by Crippen LogP contribution is 2.36. The number of anilines is 1. The minimum absolute atomic E-state index is 0.00600. The van der Waals surface area contributed by atoms with Crippen LogP contribution in [0, 0.1) is 6.92 Å². The summed E-state index contributed by atoms with van der Waals surface area (Å²) >= 11 is 1.78. The van der Waals surface area contributed by atoms with E-state index in [4.69, 9.17) is 0 Å². The second-order valence-corrected chi connectivity index (χ2v) is 10.1. The van der Waals surface area contributed by atoms with Gasteiger partial charge in [-0.2, -0.15) is 5.10 Å². The van der Waals surface area contributed by atoms with Crippen LogP contribution in [0.1, 0.15) is 24.6 Å². The van der Waals surface area contributed by atoms with Crippen LogP contribution in [0.4, 0.5) is 5.69 Å². The second kappa shape index (κ2) is 9.05. The number of carbonyl (C=O) groups excluding carboxylic acids is 1. The molecule has 8 heteroatoms. The number of thiophene rings is 1. The standard InChI is InChI=1S/C28H24N6OS/c1-3-4-26(35)31-19-11-18(14-29-15-19)17-6-7-23-22(12-17)27(34-33-23)24-13-21-20(9-10-30-28(21)32-24)25-8-5-16(2)36-25/h5-15H,3-4H2,1-2H3,(H,30,32)(H,31,35)(H,33,34). The first kappa shape index (κ1) is 22.2. The molecule has 0 radical (unpaired) electrons. The Balaban J connectivity index is 1.40. The smallest absolute Gasteiger partial charge is 0.224 e. The Bertz CT molecular complexity index is 1730. The third-order valence-corrected chi connectivity index (χ3v) is 7.22. The zero-order valence-electron chi connectivity index (χ0n) is 19.9. The normalized spacial score (nSPS) is 11.4. The average molecular weight is 493 g/mol. The summed E-state index contributed by atoms with van der Waals surface area (Å²) in [6.07, 6.45) is 6.60. The van der Waals surface area contributed by atoms with E-state index in [0.717, 1.165) is 56.4 Å². The molecule has 0 saturated heterocycles. The van der Waals surface area contributed by atoms with Crippen molar-refractivity contribution in [2.24, 2.45) is 0 Å². The number of nitrogens with one attached hydrogen (secondary N) is 3. The third kappa shape index (κ3) is 4.05. The predicted octanol–water partition coefficient (Wildman–Crippen LogP) is 6.94. The monoisotopic (exact) mass is 492 g/mol. The molecule has 6 aromatic rings. The van der Waals surface area contributed by atoms with Crippen molar-refractivity contribution in [3.63, 3.8) is 0 Å². The molecule has 178 valence electrons. The van der Waals surface area contributed by atoms with Crippen LogP contribution in [0.3, 0.4) is 0 Å². The summed E-state index contributed by atoms with van der Waals surface area (Å²) in [5, 5.41) is 12.8. The van der Waals surface area contributed by atoms with E-state index >= 15 is 0 Å². The number of nitrogens with zero attached hydrogens (tertiary/aromatic N) is 3. The molecule has 0 fully saturated rings. The average Bonchev–Trinajstić information content (AvgIpc) is 3.61. The van der Waals surface area contributed by atoms with Gasteiger partial charge in [0.2, 0.25) is 5.91 Å². The van der Waals surface area contributed by atoms with E-state index in [-0.39, 0.29) is 5.91 Å². The summed E-state index contributed by atoms with van der Waals surface area (Å²) in [5.41, 5.74) is 7.28. The highest BCUT2D eigenvalue weighted by molar-refractivity contribution is 7.15. The first-order valence-electron chi connectivity index (χ1n) is 11.9. The maximum absolute atomic E-state index is 12.0. The van der Waals surface area contributed by atoms with E-state index in [1.165, 1.54) is 9.75 Å². The molecule has 3 N–H and O–H groups in total. The molecule has 0 unspecified atom stereocenters. The Kier molecular flexibility index (Phi) is 5.58. The molecule has 5 heterocycles. The van der Waals surface area contributed by atoms with Crippen LogP contribution in [0.15, 0.2) is 67.1 Å². The van der Waals surface area contributed by atoms with Crippen LogP contribution in [0.2, 0.25) is 0 Å². The molecular weight excluding hydrogens is 468 g/mol. The number of aromatic nitrogens is 5. The minimum atomic E-state index is -0.00600. The molecular formula is C28H24N6OS. The van der Waals surface area contributed by atoms with Gasteiger partial charge in [0.25, 0.3) is 0 Å². The number of aryl methyl sites for hydroxylation is 1. The summed E-state index contributed by atoms with van der Waals surface area (Å²) in [6, 6.07) is 16.6. The lowest BCUT2D eigenvalue weighted by atomic mass is 10.0. The third-order valence-electron chi connectivity index (χ3n) is 6.19. The van der Waals surface area contributed by atoms with Crippen LogP contribution >= 0.6 is 11.3 Å². The van der Waals surface area contributed by atoms with Gasteiger partial charge in [-0.05, 0) is 61.4 Å². The van der Waals surface area contributed by atoms with Crippen molar-refractivity contribution < 1.29 is 4.79 Å². The lowest BCUT2D eigenvalue weighted by Gasteiger charge is -2.07. The van der Waals surface area contributed by atoms with Gasteiger partial charge in [0, 0.05) is 50.5 Å². The predicted molar refractivity (Wildman–Crippen MR) is 146 cm³/mol. The number of pyridine rings is 2. The highest BCUT2D eigenvalue weighted by Gasteiger charge is 2.16. The fraction of sp³-hybridized carbons (Fsp3) is 0.143. The van der Waals surface area contributed by atoms with Crippen molar-refractivity contribution in [2.75, 3.05) is 5.32 Å². The lowest BCUT2D eigenvalue weighted by Crippen LogP contribution is -2.10. The number of benzene rings is 1. The van der Waals surface area contributed by atoms with Crippen molar-refractivity contribution in [3.05, 3.63) is 72.0 Å². The number of hydrogen-bond acceptors (Lipinski definition) is 5. The number of aromatic amines is 2. The van der Waals surface area contributed by atoms with Crippen LogP contribution in [-0.4, -0.2) is 31.1 Å². The van der Waals surface area contributed by atoms with E-state index in [0.29, 0.717) is 12.1 Å². The SMILES string of the molecule is CCCC(=O)Nc1cncc(-c2ccc3[nH]nc(-c4cc5c(-c6ccc(C)s6)ccnc5[nH]4)c3c2)c1. The first-order chi connectivity index (χ1) is 17.6. The molecule has 0 aliphatic heterocycles. The van der Waals surface area contributed by atoms with Crippen molar-refractivity contribution >= 4 is 44.9 Å². The largest absolute Gasteiger partial charge is 0.338 e. The van der Waals surface area contributed by atoms with E-state index in [2.05, 4.69) is 67.7 Å². The van der Waals surface area contributed by atoms with E-state index < -0.39 is 0 Å². The molecule has 0 bridgehead atoms. The Hall–Kier alpha value is -4.30. The Labute approximate surface area is 211 Å². The lowest BCUT2D eigenvalue weighted by molar-refractivity contribution is -0.116. The van der Waals surface area contributed by atoms with Crippen LogP contribution in [-0.2, 0) is 4.79 Å². The number of hydrogen-bond donors (Lipinski definition) is 3. The molecule has 1 amide bonds. The molecule has 1 aromatic carbocycles. The van der Waals surface area contributed by atoms with E-state index in [1.54, 1.807) is 23.7 Å². The summed E-state index contributed by atoms with van der Waals surface area (Å²) in [4.78, 5) is 26.9. The zero-order valence-corrected chi connectivity index (χ0v) is 20.7. The molecule has 0 aliphatic rings. The summed E-state index contributed by atoms with van der Waals surface area (Å²) in [7, 11) is 0. The molecule has 6 rings (SSSR count). The molecule has 5 aromatic heterocycles. The van der Waals surface area contributed by atoms with Crippen molar-refractivity contribution in [1.82, 2.24) is 25.1 Å². The summed E-state index contributed by atoms with van der Waals surface area (Å²) < 4.78 is 0. The topological polar surface area (TPSA) is 99.3 Å². The van der Waals surface area contributed by atoms with Gasteiger partial charge in [0.1, 0.15) is 11.3 Å². The van der Waals surface area contributed by atoms with Gasteiger partial charge >= 0.3 is 0 Å². The molecule has 36 heavy (non-hydrogen) atoms. The number of rotatable bonds is 6. The Morgan fingerprint density at radius 3 is 2.78 bits per heavy atom. The number of fused-ring (bicyclic) bond motifs is 2. The van der Waals surface area contributed by atoms with Gasteiger partial charge in [-0.3, -0.25) is 14.9 Å². The summed E-state index contributed by atoms with van der Waals surface area (Å²) in [6.45, 7) is 4.10. The minimum Gasteiger partial charge on any atom is -0.338 e. The number of carbonyl (C=O) groups is 1. The van der Waals surface area contributed by atoms with Gasteiger partial charge in [-0.25, -0.2) is 4.98 Å². The van der Waals surface area contributed by atoms with Gasteiger partial charge < -0.3 is 10.3 Å². The quantitative estimate of drug-likeness (QED) is 0.234. The maximum Gasteiger partial charge on any atom is 0.224 e. The molecule has 7 nitrogen and oxygen atoms in total. The Morgan fingerprint density at radius 1 is 1.03 bits per heavy atom. The fourth-order valence-corrected chi connectivity index (χ4v) is 5.37. The van der Waals surface area contributed by atoms with Crippen LogP contribution in [0.5, 0.6) is 0 Å². The first-order valence-corrected chi connectivity index (χ1v) is 12.7. The van der Waals surface area contributed by atoms with Gasteiger partial charge in [0.05, 0.1) is 23.1 Å². The van der Waals surface area contributed by atoms with Crippen molar-refractivity contribution in [2.45, 2.75) is 26.7 Å². The molecule has 0 saturated carbocycles. The summed E-state index contributed by atoms with van der Waals surface area (Å²) in [5.74, 6) is -0.00600. The van der Waals surface area contributed by atoms with Crippen LogP contribution in [0.25, 0.3) is 54.9 Å². The number of H-pyrrole nitrogens is 2. The van der Waals surface area contributed by atoms with Crippen molar-refractivity contribution in [3.8, 4) is 33.0 Å². The Morgan fingerprint density at radius 2 is 1.94 bits per heavy atom. The molecule has 0 aliphatic carbocycles. The fourth-order valence-electron chi connectivity index (χ4n) is 4.46.